The first kappa shape index (κ1) is 14.9. The molecular weight excluding hydrogens is 292 g/mol. The second-order valence-electron chi connectivity index (χ2n) is 5.27. The number of nitrogens with one attached hydrogen (secondary N) is 2. The number of rotatable bonds is 4. The van der Waals surface area contributed by atoms with Crippen molar-refractivity contribution in [1.29, 1.82) is 0 Å². The molecule has 1 unspecified atom stereocenters. The molecule has 2 aromatic heterocycles. The normalized spacial score (nSPS) is 12.0. The van der Waals surface area contributed by atoms with Crippen molar-refractivity contribution in [3.05, 3.63) is 70.4 Å². The Hall–Kier alpha value is -3.02. The van der Waals surface area contributed by atoms with Gasteiger partial charge in [0.1, 0.15) is 0 Å². The maximum absolute atomic E-state index is 12.3. The van der Waals surface area contributed by atoms with Gasteiger partial charge in [0, 0.05) is 11.6 Å². The van der Waals surface area contributed by atoms with E-state index in [1.54, 1.807) is 24.4 Å². The third-order valence-corrected chi connectivity index (χ3v) is 3.61. The molecule has 0 fully saturated rings. The predicted octanol–water partition coefficient (Wildman–Crippen LogP) is 1.74. The average Bonchev–Trinajstić information content (AvgIpc) is 2.58. The van der Waals surface area contributed by atoms with Crippen molar-refractivity contribution in [2.45, 2.75) is 19.4 Å². The summed E-state index contributed by atoms with van der Waals surface area (Å²) in [5, 5.41) is 10.6. The molecule has 6 nitrogen and oxygen atoms in total. The number of aromatic amines is 1. The van der Waals surface area contributed by atoms with Crippen molar-refractivity contribution >= 4 is 16.7 Å². The average molecular weight is 308 g/mol. The Bertz CT molecular complexity index is 890. The Morgan fingerprint density at radius 3 is 2.65 bits per heavy atom. The van der Waals surface area contributed by atoms with Crippen molar-refractivity contribution in [3.8, 4) is 0 Å². The van der Waals surface area contributed by atoms with Gasteiger partial charge >= 0.3 is 0 Å². The number of hydrogen-bond acceptors (Lipinski definition) is 4. The van der Waals surface area contributed by atoms with Gasteiger partial charge in [0.05, 0.1) is 29.2 Å². The molecule has 2 heterocycles. The van der Waals surface area contributed by atoms with Gasteiger partial charge in [-0.15, -0.1) is 0 Å². The van der Waals surface area contributed by atoms with Crippen LogP contribution in [0.4, 0.5) is 0 Å². The van der Waals surface area contributed by atoms with Gasteiger partial charge in [-0.25, -0.2) is 5.10 Å². The van der Waals surface area contributed by atoms with Crippen LogP contribution < -0.4 is 10.9 Å². The SMILES string of the molecule is CC(NC(=O)Cc1n[nH]c(=O)c2ccccc12)c1ccccn1. The summed E-state index contributed by atoms with van der Waals surface area (Å²) in [7, 11) is 0. The third-order valence-electron chi connectivity index (χ3n) is 3.61. The summed E-state index contributed by atoms with van der Waals surface area (Å²) in [6.07, 6.45) is 1.78. The van der Waals surface area contributed by atoms with E-state index in [0.29, 0.717) is 16.5 Å². The van der Waals surface area contributed by atoms with Crippen LogP contribution in [0.2, 0.25) is 0 Å². The van der Waals surface area contributed by atoms with Gasteiger partial charge in [0.2, 0.25) is 5.91 Å². The van der Waals surface area contributed by atoms with Crippen LogP contribution >= 0.6 is 0 Å². The number of benzene rings is 1. The highest BCUT2D eigenvalue weighted by Crippen LogP contribution is 2.14. The molecule has 6 heteroatoms. The number of amides is 1. The molecule has 1 aromatic carbocycles. The number of aromatic nitrogens is 3. The highest BCUT2D eigenvalue weighted by Gasteiger charge is 2.14. The molecule has 1 atom stereocenters. The van der Waals surface area contributed by atoms with E-state index in [1.807, 2.05) is 31.2 Å². The predicted molar refractivity (Wildman–Crippen MR) is 86.9 cm³/mol. The second-order valence-corrected chi connectivity index (χ2v) is 5.27. The summed E-state index contributed by atoms with van der Waals surface area (Å²) in [5.41, 5.74) is 1.08. The van der Waals surface area contributed by atoms with Crippen LogP contribution in [0.3, 0.4) is 0 Å². The lowest BCUT2D eigenvalue weighted by Gasteiger charge is -2.13. The van der Waals surface area contributed by atoms with E-state index in [2.05, 4.69) is 20.5 Å². The molecule has 0 aliphatic heterocycles. The summed E-state index contributed by atoms with van der Waals surface area (Å²) in [4.78, 5) is 28.2. The molecule has 0 saturated carbocycles. The van der Waals surface area contributed by atoms with E-state index in [0.717, 1.165) is 5.69 Å². The molecule has 0 spiro atoms. The van der Waals surface area contributed by atoms with Crippen molar-refractivity contribution in [1.82, 2.24) is 20.5 Å². The maximum Gasteiger partial charge on any atom is 0.272 e. The largest absolute Gasteiger partial charge is 0.348 e. The zero-order valence-corrected chi connectivity index (χ0v) is 12.6. The van der Waals surface area contributed by atoms with E-state index >= 15 is 0 Å². The Labute approximate surface area is 132 Å². The molecule has 2 N–H and O–H groups in total. The van der Waals surface area contributed by atoms with Gasteiger partial charge in [-0.1, -0.05) is 24.3 Å². The lowest BCUT2D eigenvalue weighted by atomic mass is 10.1. The first-order chi connectivity index (χ1) is 11.1. The quantitative estimate of drug-likeness (QED) is 0.768. The molecule has 1 amide bonds. The molecule has 0 bridgehead atoms. The van der Waals surface area contributed by atoms with Crippen LogP contribution in [0.25, 0.3) is 10.8 Å². The van der Waals surface area contributed by atoms with Crippen molar-refractivity contribution in [3.63, 3.8) is 0 Å². The number of H-pyrrole nitrogens is 1. The molecule has 0 aliphatic carbocycles. The smallest absolute Gasteiger partial charge is 0.272 e. The van der Waals surface area contributed by atoms with Gasteiger partial charge in [0.15, 0.2) is 0 Å². The van der Waals surface area contributed by atoms with E-state index in [-0.39, 0.29) is 23.9 Å². The maximum atomic E-state index is 12.3. The molecule has 0 radical (unpaired) electrons. The number of nitrogens with zero attached hydrogens (tertiary/aromatic N) is 2. The van der Waals surface area contributed by atoms with Gasteiger partial charge < -0.3 is 5.32 Å². The highest BCUT2D eigenvalue weighted by atomic mass is 16.1. The minimum absolute atomic E-state index is 0.0917. The van der Waals surface area contributed by atoms with Gasteiger partial charge in [-0.2, -0.15) is 5.10 Å². The summed E-state index contributed by atoms with van der Waals surface area (Å²) >= 11 is 0. The lowest BCUT2D eigenvalue weighted by molar-refractivity contribution is -0.121. The van der Waals surface area contributed by atoms with Gasteiger partial charge in [-0.3, -0.25) is 14.6 Å². The number of hydrogen-bond donors (Lipinski definition) is 2. The lowest BCUT2D eigenvalue weighted by Crippen LogP contribution is -2.29. The van der Waals surface area contributed by atoms with Crippen molar-refractivity contribution < 1.29 is 4.79 Å². The summed E-state index contributed by atoms with van der Waals surface area (Å²) in [5.74, 6) is -0.173. The fraction of sp³-hybridized carbons (Fsp3) is 0.176. The van der Waals surface area contributed by atoms with Crippen LogP contribution in [0, 0.1) is 0 Å². The monoisotopic (exact) mass is 308 g/mol. The Morgan fingerprint density at radius 1 is 1.17 bits per heavy atom. The van der Waals surface area contributed by atoms with Gasteiger partial charge in [0.25, 0.3) is 5.56 Å². The molecule has 0 aliphatic rings. The molecule has 23 heavy (non-hydrogen) atoms. The summed E-state index contributed by atoms with van der Waals surface area (Å²) in [6, 6.07) is 12.5. The minimum Gasteiger partial charge on any atom is -0.348 e. The molecule has 116 valence electrons. The molecule has 0 saturated heterocycles. The standard InChI is InChI=1S/C17H16N4O2/c1-11(14-8-4-5-9-18-14)19-16(22)10-15-12-6-2-3-7-13(12)17(23)21-20-15/h2-9,11H,10H2,1H3,(H,19,22)(H,21,23). The first-order valence-electron chi connectivity index (χ1n) is 7.32. The fourth-order valence-corrected chi connectivity index (χ4v) is 2.46. The number of fused-ring (bicyclic) bond motifs is 1. The highest BCUT2D eigenvalue weighted by molar-refractivity contribution is 5.88. The van der Waals surface area contributed by atoms with Crippen LogP contribution in [-0.4, -0.2) is 21.1 Å². The minimum atomic E-state index is -0.258. The van der Waals surface area contributed by atoms with Crippen molar-refractivity contribution in [2.24, 2.45) is 0 Å². The van der Waals surface area contributed by atoms with Crippen LogP contribution in [-0.2, 0) is 11.2 Å². The van der Waals surface area contributed by atoms with E-state index in [4.69, 9.17) is 0 Å². The number of carbonyl (C=O) groups excluding carboxylic acids is 1. The third kappa shape index (κ3) is 3.26. The van der Waals surface area contributed by atoms with Crippen LogP contribution in [0.5, 0.6) is 0 Å². The Kier molecular flexibility index (Phi) is 4.14. The van der Waals surface area contributed by atoms with E-state index in [1.165, 1.54) is 0 Å². The zero-order valence-electron chi connectivity index (χ0n) is 12.6. The number of carbonyl (C=O) groups is 1. The first-order valence-corrected chi connectivity index (χ1v) is 7.32. The molecule has 3 aromatic rings. The van der Waals surface area contributed by atoms with Crippen LogP contribution in [0.15, 0.2) is 53.5 Å². The number of pyridine rings is 1. The Balaban J connectivity index is 1.79. The molecular formula is C17H16N4O2. The topological polar surface area (TPSA) is 87.7 Å². The van der Waals surface area contributed by atoms with Crippen LogP contribution in [0.1, 0.15) is 24.4 Å². The molecule has 3 rings (SSSR count). The summed E-state index contributed by atoms with van der Waals surface area (Å²) < 4.78 is 0. The van der Waals surface area contributed by atoms with E-state index in [9.17, 15) is 9.59 Å². The van der Waals surface area contributed by atoms with E-state index < -0.39 is 0 Å². The van der Waals surface area contributed by atoms with Crippen molar-refractivity contribution in [2.75, 3.05) is 0 Å². The Morgan fingerprint density at radius 2 is 1.91 bits per heavy atom. The second kappa shape index (κ2) is 6.39. The zero-order chi connectivity index (χ0) is 16.2. The van der Waals surface area contributed by atoms with Gasteiger partial charge in [-0.05, 0) is 25.1 Å². The fourth-order valence-electron chi connectivity index (χ4n) is 2.46. The summed E-state index contributed by atoms with van der Waals surface area (Å²) in [6.45, 7) is 1.87.